The number of rotatable bonds is 4. The molecule has 6 nitrogen and oxygen atoms in total. The third kappa shape index (κ3) is 3.13. The van der Waals surface area contributed by atoms with E-state index in [1.54, 1.807) is 13.0 Å². The van der Waals surface area contributed by atoms with E-state index in [0.29, 0.717) is 0 Å². The highest BCUT2D eigenvalue weighted by molar-refractivity contribution is 6.00. The van der Waals surface area contributed by atoms with Crippen LogP contribution in [-0.2, 0) is 4.79 Å². The molecule has 1 N–H and O–H groups in total. The summed E-state index contributed by atoms with van der Waals surface area (Å²) in [6.07, 6.45) is 0. The summed E-state index contributed by atoms with van der Waals surface area (Å²) >= 11 is 0. The predicted molar refractivity (Wildman–Crippen MR) is 65.4 cm³/mol. The van der Waals surface area contributed by atoms with Gasteiger partial charge in [0.15, 0.2) is 5.78 Å². The molecule has 0 fully saturated rings. The summed E-state index contributed by atoms with van der Waals surface area (Å²) in [5.74, 6) is -0.827. The molecule has 1 unspecified atom stereocenters. The van der Waals surface area contributed by atoms with Gasteiger partial charge >= 0.3 is 0 Å². The van der Waals surface area contributed by atoms with Gasteiger partial charge in [-0.2, -0.15) is 0 Å². The van der Waals surface area contributed by atoms with Crippen molar-refractivity contribution in [1.82, 2.24) is 5.32 Å². The van der Waals surface area contributed by atoms with E-state index in [2.05, 4.69) is 5.32 Å². The molecule has 0 spiro atoms. The number of Topliss-reactive ketones (excluding diaryl/α,β-unsaturated/α-hetero) is 1. The Bertz CT molecular complexity index is 511. The van der Waals surface area contributed by atoms with Crippen LogP contribution in [0.1, 0.15) is 29.8 Å². The van der Waals surface area contributed by atoms with Crippen molar-refractivity contribution in [3.63, 3.8) is 0 Å². The lowest BCUT2D eigenvalue weighted by Crippen LogP contribution is -2.37. The summed E-state index contributed by atoms with van der Waals surface area (Å²) in [5, 5.41) is 13.2. The molecule has 0 heterocycles. The molecule has 96 valence electrons. The number of aryl methyl sites for hydroxylation is 1. The van der Waals surface area contributed by atoms with Crippen molar-refractivity contribution in [1.29, 1.82) is 0 Å². The molecule has 1 rings (SSSR count). The van der Waals surface area contributed by atoms with Crippen LogP contribution in [0.2, 0.25) is 0 Å². The number of amides is 1. The van der Waals surface area contributed by atoms with E-state index >= 15 is 0 Å². The number of hydrogen-bond donors (Lipinski definition) is 1. The molecule has 18 heavy (non-hydrogen) atoms. The van der Waals surface area contributed by atoms with E-state index in [9.17, 15) is 19.7 Å². The fraction of sp³-hybridized carbons (Fsp3) is 0.333. The lowest BCUT2D eigenvalue weighted by Gasteiger charge is -2.10. The Kier molecular flexibility index (Phi) is 4.14. The zero-order chi connectivity index (χ0) is 13.9. The molecule has 1 aromatic carbocycles. The minimum absolute atomic E-state index is 0.0342. The maximum Gasteiger partial charge on any atom is 0.282 e. The van der Waals surface area contributed by atoms with Crippen LogP contribution in [0.5, 0.6) is 0 Å². The van der Waals surface area contributed by atoms with E-state index < -0.39 is 16.9 Å². The monoisotopic (exact) mass is 250 g/mol. The molecule has 0 aliphatic rings. The third-order valence-electron chi connectivity index (χ3n) is 2.55. The number of nitro groups is 1. The second-order valence-corrected chi connectivity index (χ2v) is 4.08. The van der Waals surface area contributed by atoms with Crippen molar-refractivity contribution in [3.05, 3.63) is 39.4 Å². The highest BCUT2D eigenvalue weighted by Crippen LogP contribution is 2.19. The van der Waals surface area contributed by atoms with E-state index in [1.807, 2.05) is 0 Å². The van der Waals surface area contributed by atoms with E-state index in [-0.39, 0.29) is 17.0 Å². The first-order chi connectivity index (χ1) is 8.32. The SMILES string of the molecule is CC(=O)C(C)NC(=O)c1cc(C)ccc1[N+](=O)[O-]. The van der Waals surface area contributed by atoms with Gasteiger partial charge in [0, 0.05) is 6.07 Å². The molecule has 1 atom stereocenters. The normalized spacial score (nSPS) is 11.7. The molecular formula is C12H14N2O4. The first-order valence-electron chi connectivity index (χ1n) is 5.39. The summed E-state index contributed by atoms with van der Waals surface area (Å²) in [5.41, 5.74) is 0.434. The molecule has 1 aromatic rings. The molecule has 0 saturated carbocycles. The quantitative estimate of drug-likeness (QED) is 0.649. The zero-order valence-electron chi connectivity index (χ0n) is 10.4. The number of nitrogens with one attached hydrogen (secondary N) is 1. The molecule has 0 aromatic heterocycles. The van der Waals surface area contributed by atoms with Crippen LogP contribution in [0.25, 0.3) is 0 Å². The van der Waals surface area contributed by atoms with Crippen LogP contribution in [0.4, 0.5) is 5.69 Å². The van der Waals surface area contributed by atoms with Crippen LogP contribution < -0.4 is 5.32 Å². The van der Waals surface area contributed by atoms with Crippen LogP contribution in [0.3, 0.4) is 0 Å². The van der Waals surface area contributed by atoms with Gasteiger partial charge < -0.3 is 5.32 Å². The number of nitro benzene ring substituents is 1. The minimum atomic E-state index is -0.669. The first-order valence-corrected chi connectivity index (χ1v) is 5.39. The van der Waals surface area contributed by atoms with E-state index in [0.717, 1.165) is 5.56 Å². The minimum Gasteiger partial charge on any atom is -0.342 e. The lowest BCUT2D eigenvalue weighted by molar-refractivity contribution is -0.385. The van der Waals surface area contributed by atoms with Crippen molar-refractivity contribution >= 4 is 17.4 Å². The van der Waals surface area contributed by atoms with Crippen LogP contribution in [-0.4, -0.2) is 22.7 Å². The lowest BCUT2D eigenvalue weighted by atomic mass is 10.1. The summed E-state index contributed by atoms with van der Waals surface area (Å²) < 4.78 is 0. The molecule has 1 amide bonds. The fourth-order valence-corrected chi connectivity index (χ4v) is 1.37. The first kappa shape index (κ1) is 13.8. The average Bonchev–Trinajstić information content (AvgIpc) is 2.28. The summed E-state index contributed by atoms with van der Waals surface area (Å²) in [4.78, 5) is 33.1. The number of hydrogen-bond acceptors (Lipinski definition) is 4. The highest BCUT2D eigenvalue weighted by atomic mass is 16.6. The van der Waals surface area contributed by atoms with Gasteiger partial charge in [0.2, 0.25) is 0 Å². The molecule has 0 aliphatic heterocycles. The standard InChI is InChI=1S/C12H14N2O4/c1-7-4-5-11(14(17)18)10(6-7)12(16)13-8(2)9(3)15/h4-6,8H,1-3H3,(H,13,16). The van der Waals surface area contributed by atoms with Gasteiger partial charge in [-0.1, -0.05) is 6.07 Å². The Morgan fingerprint density at radius 1 is 1.39 bits per heavy atom. The number of ketones is 1. The largest absolute Gasteiger partial charge is 0.342 e. The molecule has 0 radical (unpaired) electrons. The Morgan fingerprint density at radius 2 is 2.00 bits per heavy atom. The topological polar surface area (TPSA) is 89.3 Å². The molecule has 0 aliphatic carbocycles. The van der Waals surface area contributed by atoms with Gasteiger partial charge in [-0.3, -0.25) is 19.7 Å². The number of benzene rings is 1. The number of nitrogens with zero attached hydrogens (tertiary/aromatic N) is 1. The number of carbonyl (C=O) groups is 2. The second-order valence-electron chi connectivity index (χ2n) is 4.08. The second kappa shape index (κ2) is 5.39. The Morgan fingerprint density at radius 3 is 2.50 bits per heavy atom. The molecule has 6 heteroatoms. The summed E-state index contributed by atoms with van der Waals surface area (Å²) in [6, 6.07) is 3.60. The maximum absolute atomic E-state index is 11.9. The van der Waals surface area contributed by atoms with Gasteiger partial charge in [-0.15, -0.1) is 0 Å². The van der Waals surface area contributed by atoms with Gasteiger partial charge in [-0.05, 0) is 32.4 Å². The van der Waals surface area contributed by atoms with Crippen molar-refractivity contribution in [3.8, 4) is 0 Å². The van der Waals surface area contributed by atoms with E-state index in [1.165, 1.54) is 26.0 Å². The summed E-state index contributed by atoms with van der Waals surface area (Å²) in [6.45, 7) is 4.60. The van der Waals surface area contributed by atoms with Crippen LogP contribution in [0, 0.1) is 17.0 Å². The smallest absolute Gasteiger partial charge is 0.282 e. The van der Waals surface area contributed by atoms with Gasteiger partial charge in [0.25, 0.3) is 11.6 Å². The predicted octanol–water partition coefficient (Wildman–Crippen LogP) is 1.61. The fourth-order valence-electron chi connectivity index (χ4n) is 1.37. The molecule has 0 bridgehead atoms. The van der Waals surface area contributed by atoms with Crippen LogP contribution >= 0.6 is 0 Å². The van der Waals surface area contributed by atoms with Crippen LogP contribution in [0.15, 0.2) is 18.2 Å². The van der Waals surface area contributed by atoms with Crippen molar-refractivity contribution in [2.45, 2.75) is 26.8 Å². The van der Waals surface area contributed by atoms with Crippen molar-refractivity contribution in [2.24, 2.45) is 0 Å². The summed E-state index contributed by atoms with van der Waals surface area (Å²) in [7, 11) is 0. The number of carbonyl (C=O) groups excluding carboxylic acids is 2. The van der Waals surface area contributed by atoms with Gasteiger partial charge in [0.05, 0.1) is 11.0 Å². The third-order valence-corrected chi connectivity index (χ3v) is 2.55. The van der Waals surface area contributed by atoms with Crippen molar-refractivity contribution in [2.75, 3.05) is 0 Å². The molecular weight excluding hydrogens is 236 g/mol. The van der Waals surface area contributed by atoms with E-state index in [4.69, 9.17) is 0 Å². The zero-order valence-corrected chi connectivity index (χ0v) is 10.4. The maximum atomic E-state index is 11.9. The van der Waals surface area contributed by atoms with Crippen molar-refractivity contribution < 1.29 is 14.5 Å². The molecule has 0 saturated heterocycles. The Labute approximate surface area is 104 Å². The van der Waals surface area contributed by atoms with Gasteiger partial charge in [0.1, 0.15) is 5.56 Å². The Hall–Kier alpha value is -2.24. The Balaban J connectivity index is 3.08. The van der Waals surface area contributed by atoms with Gasteiger partial charge in [-0.25, -0.2) is 0 Å². The highest BCUT2D eigenvalue weighted by Gasteiger charge is 2.22. The average molecular weight is 250 g/mol.